The van der Waals surface area contributed by atoms with Gasteiger partial charge in [0.25, 0.3) is 0 Å². The highest BCUT2D eigenvalue weighted by Gasteiger charge is 2.22. The third-order valence-electron chi connectivity index (χ3n) is 3.62. The second-order valence-electron chi connectivity index (χ2n) is 4.67. The zero-order valence-electron chi connectivity index (χ0n) is 10.6. The standard InChI is InChI=1S/C14H22N2O/c1-17-14-6-4-12(5-7-14)8-10-16-9-2-3-13(16)11-15/h4-7,13H,2-3,8-11,15H2,1H3. The Balaban J connectivity index is 1.84. The fourth-order valence-corrected chi connectivity index (χ4v) is 2.52. The van der Waals surface area contributed by atoms with Gasteiger partial charge in [0.1, 0.15) is 5.75 Å². The lowest BCUT2D eigenvalue weighted by Crippen LogP contribution is -2.36. The number of nitrogens with zero attached hydrogens (tertiary/aromatic N) is 1. The van der Waals surface area contributed by atoms with Gasteiger partial charge in [0.2, 0.25) is 0 Å². The van der Waals surface area contributed by atoms with E-state index < -0.39 is 0 Å². The maximum Gasteiger partial charge on any atom is 0.118 e. The van der Waals surface area contributed by atoms with Gasteiger partial charge in [0, 0.05) is 19.1 Å². The summed E-state index contributed by atoms with van der Waals surface area (Å²) >= 11 is 0. The van der Waals surface area contributed by atoms with Crippen molar-refractivity contribution < 1.29 is 4.74 Å². The summed E-state index contributed by atoms with van der Waals surface area (Å²) in [6.07, 6.45) is 3.66. The summed E-state index contributed by atoms with van der Waals surface area (Å²) in [5.74, 6) is 0.926. The minimum absolute atomic E-state index is 0.605. The van der Waals surface area contributed by atoms with Crippen LogP contribution < -0.4 is 10.5 Å². The van der Waals surface area contributed by atoms with Crippen molar-refractivity contribution in [2.24, 2.45) is 5.73 Å². The van der Waals surface area contributed by atoms with E-state index in [1.165, 1.54) is 24.9 Å². The molecule has 1 aliphatic heterocycles. The molecule has 1 unspecified atom stereocenters. The minimum atomic E-state index is 0.605. The van der Waals surface area contributed by atoms with Crippen LogP contribution >= 0.6 is 0 Å². The predicted octanol–water partition coefficient (Wildman–Crippen LogP) is 1.66. The first-order valence-electron chi connectivity index (χ1n) is 6.40. The van der Waals surface area contributed by atoms with E-state index in [9.17, 15) is 0 Å². The van der Waals surface area contributed by atoms with E-state index in [0.29, 0.717) is 6.04 Å². The topological polar surface area (TPSA) is 38.5 Å². The molecular weight excluding hydrogens is 212 g/mol. The molecule has 0 aromatic heterocycles. The predicted molar refractivity (Wildman–Crippen MR) is 70.3 cm³/mol. The SMILES string of the molecule is COc1ccc(CCN2CCCC2CN)cc1. The second-order valence-corrected chi connectivity index (χ2v) is 4.67. The first kappa shape index (κ1) is 12.4. The third kappa shape index (κ3) is 3.20. The summed E-state index contributed by atoms with van der Waals surface area (Å²) in [7, 11) is 1.70. The third-order valence-corrected chi connectivity index (χ3v) is 3.62. The summed E-state index contributed by atoms with van der Waals surface area (Å²) < 4.78 is 5.15. The van der Waals surface area contributed by atoms with Gasteiger partial charge in [0.15, 0.2) is 0 Å². The molecule has 1 fully saturated rings. The Morgan fingerprint density at radius 1 is 1.35 bits per heavy atom. The molecule has 0 amide bonds. The number of hydrogen-bond donors (Lipinski definition) is 1. The van der Waals surface area contributed by atoms with E-state index >= 15 is 0 Å². The highest BCUT2D eigenvalue weighted by molar-refractivity contribution is 5.27. The highest BCUT2D eigenvalue weighted by Crippen LogP contribution is 2.17. The maximum absolute atomic E-state index is 5.77. The van der Waals surface area contributed by atoms with Crippen LogP contribution in [0.5, 0.6) is 5.75 Å². The quantitative estimate of drug-likeness (QED) is 0.842. The summed E-state index contributed by atoms with van der Waals surface area (Å²) in [6.45, 7) is 3.12. The zero-order valence-corrected chi connectivity index (χ0v) is 10.6. The van der Waals surface area contributed by atoms with Gasteiger partial charge in [-0.25, -0.2) is 0 Å². The number of benzene rings is 1. The number of rotatable bonds is 5. The summed E-state index contributed by atoms with van der Waals surface area (Å²) in [5, 5.41) is 0. The Morgan fingerprint density at radius 3 is 2.76 bits per heavy atom. The molecule has 1 aromatic carbocycles. The molecule has 1 heterocycles. The van der Waals surface area contributed by atoms with Crippen molar-refractivity contribution in [3.05, 3.63) is 29.8 Å². The average molecular weight is 234 g/mol. The number of methoxy groups -OCH3 is 1. The number of likely N-dealkylation sites (tertiary alicyclic amines) is 1. The van der Waals surface area contributed by atoms with Gasteiger partial charge < -0.3 is 10.5 Å². The Hall–Kier alpha value is -1.06. The van der Waals surface area contributed by atoms with Crippen molar-refractivity contribution in [2.45, 2.75) is 25.3 Å². The number of ether oxygens (including phenoxy) is 1. The van der Waals surface area contributed by atoms with Gasteiger partial charge in [-0.05, 0) is 43.5 Å². The monoisotopic (exact) mass is 234 g/mol. The Labute approximate surface area is 104 Å². The smallest absolute Gasteiger partial charge is 0.118 e. The molecule has 2 N–H and O–H groups in total. The molecule has 1 aromatic rings. The fourth-order valence-electron chi connectivity index (χ4n) is 2.52. The van der Waals surface area contributed by atoms with Crippen molar-refractivity contribution in [2.75, 3.05) is 26.7 Å². The van der Waals surface area contributed by atoms with Gasteiger partial charge in [-0.1, -0.05) is 12.1 Å². The number of hydrogen-bond acceptors (Lipinski definition) is 3. The maximum atomic E-state index is 5.77. The lowest BCUT2D eigenvalue weighted by atomic mass is 10.1. The van der Waals surface area contributed by atoms with Crippen molar-refractivity contribution in [3.63, 3.8) is 0 Å². The van der Waals surface area contributed by atoms with Crippen LogP contribution in [-0.2, 0) is 6.42 Å². The van der Waals surface area contributed by atoms with Crippen molar-refractivity contribution >= 4 is 0 Å². The lowest BCUT2D eigenvalue weighted by molar-refractivity contribution is 0.262. The van der Waals surface area contributed by atoms with Crippen LogP contribution in [0.3, 0.4) is 0 Å². The van der Waals surface area contributed by atoms with Crippen LogP contribution in [0.25, 0.3) is 0 Å². The molecule has 3 nitrogen and oxygen atoms in total. The van der Waals surface area contributed by atoms with E-state index in [0.717, 1.165) is 25.3 Å². The van der Waals surface area contributed by atoms with Crippen molar-refractivity contribution in [1.29, 1.82) is 0 Å². The molecule has 17 heavy (non-hydrogen) atoms. The van der Waals surface area contributed by atoms with Crippen LogP contribution in [0.4, 0.5) is 0 Å². The highest BCUT2D eigenvalue weighted by atomic mass is 16.5. The second kappa shape index (κ2) is 6.03. The Kier molecular flexibility index (Phi) is 4.40. The minimum Gasteiger partial charge on any atom is -0.497 e. The van der Waals surface area contributed by atoms with E-state index in [-0.39, 0.29) is 0 Å². The van der Waals surface area contributed by atoms with Crippen LogP contribution in [0, 0.1) is 0 Å². The molecule has 1 saturated heterocycles. The lowest BCUT2D eigenvalue weighted by Gasteiger charge is -2.22. The normalized spacial score (nSPS) is 20.7. The van der Waals surface area contributed by atoms with Crippen molar-refractivity contribution in [3.8, 4) is 5.75 Å². The average Bonchev–Trinajstić information content (AvgIpc) is 2.84. The molecular formula is C14H22N2O. The number of nitrogens with two attached hydrogens (primary N) is 1. The summed E-state index contributed by atoms with van der Waals surface area (Å²) in [5.41, 5.74) is 7.14. The largest absolute Gasteiger partial charge is 0.497 e. The molecule has 0 spiro atoms. The van der Waals surface area contributed by atoms with Crippen LogP contribution in [0.1, 0.15) is 18.4 Å². The van der Waals surface area contributed by atoms with E-state index in [1.807, 2.05) is 12.1 Å². The molecule has 0 bridgehead atoms. The van der Waals surface area contributed by atoms with E-state index in [4.69, 9.17) is 10.5 Å². The molecule has 94 valence electrons. The van der Waals surface area contributed by atoms with Gasteiger partial charge >= 0.3 is 0 Å². The molecule has 0 radical (unpaired) electrons. The van der Waals surface area contributed by atoms with Gasteiger partial charge in [-0.2, -0.15) is 0 Å². The molecule has 1 aliphatic rings. The van der Waals surface area contributed by atoms with Gasteiger partial charge in [-0.15, -0.1) is 0 Å². The van der Waals surface area contributed by atoms with Crippen LogP contribution in [0.15, 0.2) is 24.3 Å². The molecule has 2 rings (SSSR count). The Bertz CT molecular complexity index is 337. The molecule has 0 aliphatic carbocycles. The molecule has 1 atom stereocenters. The van der Waals surface area contributed by atoms with Gasteiger partial charge in [0.05, 0.1) is 7.11 Å². The molecule has 3 heteroatoms. The Morgan fingerprint density at radius 2 is 2.12 bits per heavy atom. The molecule has 0 saturated carbocycles. The van der Waals surface area contributed by atoms with Crippen molar-refractivity contribution in [1.82, 2.24) is 4.90 Å². The summed E-state index contributed by atoms with van der Waals surface area (Å²) in [6, 6.07) is 8.95. The zero-order chi connectivity index (χ0) is 12.1. The van der Waals surface area contributed by atoms with Crippen LogP contribution in [0.2, 0.25) is 0 Å². The van der Waals surface area contributed by atoms with Gasteiger partial charge in [-0.3, -0.25) is 4.90 Å². The first-order valence-corrected chi connectivity index (χ1v) is 6.40. The van der Waals surface area contributed by atoms with Crippen LogP contribution in [-0.4, -0.2) is 37.7 Å². The first-order chi connectivity index (χ1) is 8.33. The van der Waals surface area contributed by atoms with E-state index in [1.54, 1.807) is 7.11 Å². The summed E-state index contributed by atoms with van der Waals surface area (Å²) in [4.78, 5) is 2.52. The van der Waals surface area contributed by atoms with E-state index in [2.05, 4.69) is 17.0 Å². The fraction of sp³-hybridized carbons (Fsp3) is 0.571.